The molecule has 1 aliphatic carbocycles. The number of methoxy groups -OCH3 is 1. The number of aliphatic hydroxyl groups excluding tert-OH is 1. The van der Waals surface area contributed by atoms with Gasteiger partial charge in [0, 0.05) is 30.5 Å². The van der Waals surface area contributed by atoms with Crippen LogP contribution in [0.25, 0.3) is 22.4 Å². The minimum atomic E-state index is -0.703. The molecule has 4 rings (SSSR count). The van der Waals surface area contributed by atoms with Crippen LogP contribution < -0.4 is 0 Å². The topological polar surface area (TPSA) is 73.6 Å². The van der Waals surface area contributed by atoms with Crippen molar-refractivity contribution in [3.05, 3.63) is 60.7 Å². The lowest BCUT2D eigenvalue weighted by Crippen LogP contribution is -2.26. The van der Waals surface area contributed by atoms with E-state index in [0.717, 1.165) is 49.2 Å². The van der Waals surface area contributed by atoms with Gasteiger partial charge in [0.1, 0.15) is 16.8 Å². The van der Waals surface area contributed by atoms with Gasteiger partial charge in [-0.1, -0.05) is 60.7 Å². The summed E-state index contributed by atoms with van der Waals surface area (Å²) in [5.74, 6) is 1.83. The molecule has 6 nitrogen and oxygen atoms in total. The number of aldehydes is 1. The van der Waals surface area contributed by atoms with Crippen molar-refractivity contribution in [1.82, 2.24) is 9.78 Å². The van der Waals surface area contributed by atoms with Gasteiger partial charge in [-0.15, -0.1) is 11.8 Å². The molecule has 1 atom stereocenters. The maximum absolute atomic E-state index is 10.9. The predicted molar refractivity (Wildman–Crippen MR) is 144 cm³/mol. The number of hydrogen-bond acceptors (Lipinski definition) is 6. The number of benzene rings is 2. The molecule has 1 saturated carbocycles. The SMILES string of the molecule is COCCSc1c(-c2ccccc2)c(-c2ccccc2)nn1C[C@H]1CC[C@@H](COC(C=O)CO)CC1. The Balaban J connectivity index is 1.56. The van der Waals surface area contributed by atoms with Gasteiger partial charge in [-0.2, -0.15) is 5.10 Å². The molecule has 0 aliphatic heterocycles. The first kappa shape index (κ1) is 26.6. The van der Waals surface area contributed by atoms with Crippen LogP contribution in [0.15, 0.2) is 65.7 Å². The molecule has 1 unspecified atom stereocenters. The van der Waals surface area contributed by atoms with E-state index in [4.69, 9.17) is 14.6 Å². The lowest BCUT2D eigenvalue weighted by atomic mass is 9.82. The summed E-state index contributed by atoms with van der Waals surface area (Å²) in [4.78, 5) is 10.9. The Hall–Kier alpha value is -2.45. The van der Waals surface area contributed by atoms with Gasteiger partial charge in [-0.3, -0.25) is 4.68 Å². The number of aromatic nitrogens is 2. The van der Waals surface area contributed by atoms with Crippen LogP contribution in [0, 0.1) is 11.8 Å². The van der Waals surface area contributed by atoms with E-state index in [0.29, 0.717) is 31.3 Å². The number of rotatable bonds is 13. The molecule has 1 aliphatic rings. The molecule has 0 bridgehead atoms. The Morgan fingerprint density at radius 3 is 2.28 bits per heavy atom. The number of aliphatic hydroxyl groups is 1. The summed E-state index contributed by atoms with van der Waals surface area (Å²) in [7, 11) is 1.74. The number of carbonyl (C=O) groups excluding carboxylic acids is 1. The van der Waals surface area contributed by atoms with E-state index in [1.165, 1.54) is 16.2 Å². The largest absolute Gasteiger partial charge is 0.393 e. The highest BCUT2D eigenvalue weighted by Gasteiger charge is 2.26. The molecule has 0 spiro atoms. The maximum Gasteiger partial charge on any atom is 0.151 e. The minimum absolute atomic E-state index is 0.255. The van der Waals surface area contributed by atoms with Crippen LogP contribution >= 0.6 is 11.8 Å². The molecular weight excluding hydrogens is 472 g/mol. The van der Waals surface area contributed by atoms with Gasteiger partial charge in [0.15, 0.2) is 6.29 Å². The van der Waals surface area contributed by atoms with Crippen LogP contribution in [0.5, 0.6) is 0 Å². The molecule has 3 aromatic rings. The second-order valence-corrected chi connectivity index (χ2v) is 10.4. The van der Waals surface area contributed by atoms with Gasteiger partial charge in [-0.25, -0.2) is 0 Å². The first-order valence-corrected chi connectivity index (χ1v) is 13.7. The monoisotopic (exact) mass is 508 g/mol. The van der Waals surface area contributed by atoms with Crippen LogP contribution in [-0.2, 0) is 20.8 Å². The van der Waals surface area contributed by atoms with Crippen LogP contribution in [-0.4, -0.2) is 60.0 Å². The summed E-state index contributed by atoms with van der Waals surface area (Å²) in [6, 6.07) is 21.0. The van der Waals surface area contributed by atoms with Gasteiger partial charge in [-0.05, 0) is 43.1 Å². The fourth-order valence-corrected chi connectivity index (χ4v) is 5.89. The van der Waals surface area contributed by atoms with E-state index >= 15 is 0 Å². The molecule has 1 N–H and O–H groups in total. The fraction of sp³-hybridized carbons (Fsp3) is 0.448. The zero-order valence-electron chi connectivity index (χ0n) is 20.9. The van der Waals surface area contributed by atoms with Gasteiger partial charge in [0.05, 0.1) is 19.8 Å². The third-order valence-electron chi connectivity index (χ3n) is 6.82. The van der Waals surface area contributed by atoms with E-state index in [9.17, 15) is 9.90 Å². The third kappa shape index (κ3) is 6.85. The van der Waals surface area contributed by atoms with Gasteiger partial charge < -0.3 is 19.4 Å². The van der Waals surface area contributed by atoms with Crippen molar-refractivity contribution >= 4 is 18.0 Å². The summed E-state index contributed by atoms with van der Waals surface area (Å²) in [6.45, 7) is 1.84. The molecule has 192 valence electrons. The summed E-state index contributed by atoms with van der Waals surface area (Å²) in [5, 5.41) is 15.6. The predicted octanol–water partition coefficient (Wildman–Crippen LogP) is 5.34. The quantitative estimate of drug-likeness (QED) is 0.191. The number of carbonyl (C=O) groups is 1. The Morgan fingerprint density at radius 1 is 1.03 bits per heavy atom. The molecule has 7 heteroatoms. The van der Waals surface area contributed by atoms with Crippen molar-refractivity contribution < 1.29 is 19.4 Å². The van der Waals surface area contributed by atoms with E-state index in [1.807, 2.05) is 23.9 Å². The van der Waals surface area contributed by atoms with Gasteiger partial charge in [0.25, 0.3) is 0 Å². The lowest BCUT2D eigenvalue weighted by Gasteiger charge is -2.29. The van der Waals surface area contributed by atoms with Crippen LogP contribution in [0.4, 0.5) is 0 Å². The fourth-order valence-electron chi connectivity index (χ4n) is 4.82. The van der Waals surface area contributed by atoms with Crippen molar-refractivity contribution in [2.24, 2.45) is 11.8 Å². The summed E-state index contributed by atoms with van der Waals surface area (Å²) < 4.78 is 13.2. The standard InChI is InChI=1S/C29H36N2O4S/c1-34-16-17-36-29-27(24-8-4-2-5-9-24)28(25-10-6-3-7-11-25)30-31(29)18-22-12-14-23(15-13-22)21-35-26(19-32)20-33/h2-11,19,22-23,26,33H,12-18,20-21H2,1H3/t22-,23+,26?. The van der Waals surface area contributed by atoms with Crippen LogP contribution in [0.3, 0.4) is 0 Å². The molecule has 36 heavy (non-hydrogen) atoms. The lowest BCUT2D eigenvalue weighted by molar-refractivity contribution is -0.121. The maximum atomic E-state index is 10.9. The molecule has 2 aromatic carbocycles. The molecular formula is C29H36N2O4S. The van der Waals surface area contributed by atoms with E-state index in [2.05, 4.69) is 53.2 Å². The number of ether oxygens (including phenoxy) is 2. The normalized spacial score (nSPS) is 18.7. The molecule has 1 heterocycles. The zero-order valence-corrected chi connectivity index (χ0v) is 21.7. The molecule has 0 amide bonds. The third-order valence-corrected chi connectivity index (χ3v) is 7.88. The Bertz CT molecular complexity index is 1070. The Morgan fingerprint density at radius 2 is 1.67 bits per heavy atom. The first-order valence-electron chi connectivity index (χ1n) is 12.7. The summed E-state index contributed by atoms with van der Waals surface area (Å²) in [6.07, 6.45) is 4.30. The second-order valence-electron chi connectivity index (χ2n) is 9.36. The summed E-state index contributed by atoms with van der Waals surface area (Å²) >= 11 is 1.81. The first-order chi connectivity index (χ1) is 17.7. The van der Waals surface area contributed by atoms with Crippen molar-refractivity contribution in [2.75, 3.05) is 32.7 Å². The Kier molecular flexibility index (Phi) is 10.2. The van der Waals surface area contributed by atoms with E-state index in [1.54, 1.807) is 7.11 Å². The second kappa shape index (κ2) is 13.7. The smallest absolute Gasteiger partial charge is 0.151 e. The molecule has 0 radical (unpaired) electrons. The van der Waals surface area contributed by atoms with Gasteiger partial charge >= 0.3 is 0 Å². The molecule has 1 aromatic heterocycles. The van der Waals surface area contributed by atoms with Crippen molar-refractivity contribution in [3.63, 3.8) is 0 Å². The zero-order chi connectivity index (χ0) is 25.2. The number of hydrogen-bond donors (Lipinski definition) is 1. The van der Waals surface area contributed by atoms with Crippen LogP contribution in [0.2, 0.25) is 0 Å². The number of thioether (sulfide) groups is 1. The minimum Gasteiger partial charge on any atom is -0.393 e. The van der Waals surface area contributed by atoms with Gasteiger partial charge in [0.2, 0.25) is 0 Å². The highest BCUT2D eigenvalue weighted by Crippen LogP contribution is 2.41. The van der Waals surface area contributed by atoms with E-state index < -0.39 is 6.10 Å². The summed E-state index contributed by atoms with van der Waals surface area (Å²) in [5.41, 5.74) is 4.51. The Labute approximate surface area is 218 Å². The average Bonchev–Trinajstić information content (AvgIpc) is 3.29. The van der Waals surface area contributed by atoms with Crippen LogP contribution in [0.1, 0.15) is 25.7 Å². The van der Waals surface area contributed by atoms with Crippen molar-refractivity contribution in [1.29, 1.82) is 0 Å². The van der Waals surface area contributed by atoms with Crippen molar-refractivity contribution in [2.45, 2.75) is 43.4 Å². The van der Waals surface area contributed by atoms with Crippen molar-refractivity contribution in [3.8, 4) is 22.4 Å². The van der Waals surface area contributed by atoms with E-state index in [-0.39, 0.29) is 6.61 Å². The number of nitrogens with zero attached hydrogens (tertiary/aromatic N) is 2. The average molecular weight is 509 g/mol. The highest BCUT2D eigenvalue weighted by molar-refractivity contribution is 7.99. The molecule has 0 saturated heterocycles. The highest BCUT2D eigenvalue weighted by atomic mass is 32.2. The molecule has 1 fully saturated rings.